The summed E-state index contributed by atoms with van der Waals surface area (Å²) in [5.74, 6) is 1.18. The van der Waals surface area contributed by atoms with E-state index in [0.717, 1.165) is 12.5 Å². The molecule has 0 aromatic carbocycles. The van der Waals surface area contributed by atoms with Crippen LogP contribution in [0.25, 0.3) is 0 Å². The van der Waals surface area contributed by atoms with Gasteiger partial charge in [0.25, 0.3) is 0 Å². The van der Waals surface area contributed by atoms with Crippen molar-refractivity contribution >= 4 is 17.1 Å². The minimum atomic E-state index is 0.380. The first-order valence-corrected chi connectivity index (χ1v) is 7.38. The van der Waals surface area contributed by atoms with Crippen molar-refractivity contribution in [2.24, 2.45) is 5.92 Å². The molecule has 1 aliphatic rings. The van der Waals surface area contributed by atoms with Gasteiger partial charge in [0, 0.05) is 30.8 Å². The predicted molar refractivity (Wildman–Crippen MR) is 72.5 cm³/mol. The number of carbonyl (C=O) groups is 1. The Morgan fingerprint density at radius 3 is 3.18 bits per heavy atom. The Morgan fingerprint density at radius 2 is 2.47 bits per heavy atom. The third kappa shape index (κ3) is 4.25. The van der Waals surface area contributed by atoms with Crippen molar-refractivity contribution < 1.29 is 4.79 Å². The highest BCUT2D eigenvalue weighted by Gasteiger charge is 2.16. The lowest BCUT2D eigenvalue weighted by Gasteiger charge is -2.30. The zero-order valence-electron chi connectivity index (χ0n) is 10.5. The van der Waals surface area contributed by atoms with Crippen molar-refractivity contribution in [1.29, 1.82) is 0 Å². The van der Waals surface area contributed by atoms with E-state index in [0.29, 0.717) is 18.6 Å². The van der Waals surface area contributed by atoms with Gasteiger partial charge in [0.1, 0.15) is 5.78 Å². The van der Waals surface area contributed by atoms with Crippen LogP contribution < -0.4 is 0 Å². The Bertz CT molecular complexity index is 347. The van der Waals surface area contributed by atoms with Gasteiger partial charge in [-0.05, 0) is 36.8 Å². The molecule has 3 heteroatoms. The van der Waals surface area contributed by atoms with Crippen molar-refractivity contribution in [3.8, 4) is 0 Å². The van der Waals surface area contributed by atoms with Gasteiger partial charge in [-0.25, -0.2) is 0 Å². The van der Waals surface area contributed by atoms with Gasteiger partial charge in [-0.3, -0.25) is 4.79 Å². The molecule has 0 spiro atoms. The van der Waals surface area contributed by atoms with Crippen LogP contribution in [0.15, 0.2) is 17.5 Å². The van der Waals surface area contributed by atoms with Crippen LogP contribution in [0.1, 0.15) is 31.1 Å². The van der Waals surface area contributed by atoms with Gasteiger partial charge in [-0.1, -0.05) is 13.0 Å². The SMILES string of the molecule is CC1CCCN(CCC(=O)Cc2cccs2)C1. The van der Waals surface area contributed by atoms with Crippen LogP contribution in [0.2, 0.25) is 0 Å². The highest BCUT2D eigenvalue weighted by molar-refractivity contribution is 7.10. The maximum absolute atomic E-state index is 11.8. The van der Waals surface area contributed by atoms with Gasteiger partial charge in [-0.15, -0.1) is 11.3 Å². The van der Waals surface area contributed by atoms with Crippen LogP contribution >= 0.6 is 11.3 Å². The fraction of sp³-hybridized carbons (Fsp3) is 0.643. The van der Waals surface area contributed by atoms with Crippen molar-refractivity contribution in [2.75, 3.05) is 19.6 Å². The summed E-state index contributed by atoms with van der Waals surface area (Å²) in [6.07, 6.45) is 3.98. The molecule has 1 aromatic rings. The van der Waals surface area contributed by atoms with E-state index in [4.69, 9.17) is 0 Å². The highest BCUT2D eigenvalue weighted by atomic mass is 32.1. The maximum atomic E-state index is 11.8. The molecule has 1 saturated heterocycles. The zero-order valence-corrected chi connectivity index (χ0v) is 11.3. The minimum absolute atomic E-state index is 0.380. The van der Waals surface area contributed by atoms with Gasteiger partial charge in [0.05, 0.1) is 0 Å². The summed E-state index contributed by atoms with van der Waals surface area (Å²) in [4.78, 5) is 15.5. The second-order valence-corrected chi connectivity index (χ2v) is 6.13. The molecule has 1 unspecified atom stereocenters. The standard InChI is InChI=1S/C14H21NOS/c1-12-4-2-7-15(11-12)8-6-13(16)10-14-5-3-9-17-14/h3,5,9,12H,2,4,6-8,10-11H2,1H3. The van der Waals surface area contributed by atoms with Crippen molar-refractivity contribution in [1.82, 2.24) is 4.90 Å². The molecule has 1 aromatic heterocycles. The Kier molecular flexibility index (Phi) is 4.75. The summed E-state index contributed by atoms with van der Waals surface area (Å²) in [5, 5.41) is 2.04. The topological polar surface area (TPSA) is 20.3 Å². The van der Waals surface area contributed by atoms with Crippen molar-refractivity contribution in [3.05, 3.63) is 22.4 Å². The van der Waals surface area contributed by atoms with E-state index in [1.807, 2.05) is 17.5 Å². The lowest BCUT2D eigenvalue weighted by Crippen LogP contribution is -2.35. The average Bonchev–Trinajstić information content (AvgIpc) is 2.79. The van der Waals surface area contributed by atoms with Crippen LogP contribution in [0.4, 0.5) is 0 Å². The number of likely N-dealkylation sites (tertiary alicyclic amines) is 1. The number of hydrogen-bond acceptors (Lipinski definition) is 3. The molecular weight excluding hydrogens is 230 g/mol. The molecule has 94 valence electrons. The van der Waals surface area contributed by atoms with Gasteiger partial charge < -0.3 is 4.90 Å². The maximum Gasteiger partial charge on any atom is 0.139 e. The van der Waals surface area contributed by atoms with Gasteiger partial charge in [0.15, 0.2) is 0 Å². The molecule has 0 N–H and O–H groups in total. The molecular formula is C14H21NOS. The molecule has 0 aliphatic carbocycles. The van der Waals surface area contributed by atoms with E-state index in [2.05, 4.69) is 11.8 Å². The normalized spacial score (nSPS) is 21.6. The fourth-order valence-corrected chi connectivity index (χ4v) is 3.20. The van der Waals surface area contributed by atoms with Gasteiger partial charge in [0.2, 0.25) is 0 Å². The van der Waals surface area contributed by atoms with E-state index in [9.17, 15) is 4.79 Å². The number of ketones is 1. The van der Waals surface area contributed by atoms with Crippen LogP contribution in [0.5, 0.6) is 0 Å². The van der Waals surface area contributed by atoms with Gasteiger partial charge >= 0.3 is 0 Å². The third-order valence-corrected chi connectivity index (χ3v) is 4.28. The third-order valence-electron chi connectivity index (χ3n) is 3.40. The largest absolute Gasteiger partial charge is 0.303 e. The predicted octanol–water partition coefficient (Wildman–Crippen LogP) is 2.98. The minimum Gasteiger partial charge on any atom is -0.303 e. The van der Waals surface area contributed by atoms with E-state index < -0.39 is 0 Å². The number of thiophene rings is 1. The Morgan fingerprint density at radius 1 is 1.59 bits per heavy atom. The number of hydrogen-bond donors (Lipinski definition) is 0. The number of piperidine rings is 1. The van der Waals surface area contributed by atoms with E-state index >= 15 is 0 Å². The number of rotatable bonds is 5. The van der Waals surface area contributed by atoms with Crippen LogP contribution in [0.3, 0.4) is 0 Å². The zero-order chi connectivity index (χ0) is 12.1. The molecule has 17 heavy (non-hydrogen) atoms. The van der Waals surface area contributed by atoms with Crippen molar-refractivity contribution in [2.45, 2.75) is 32.6 Å². The van der Waals surface area contributed by atoms with Crippen LogP contribution in [-0.2, 0) is 11.2 Å². The van der Waals surface area contributed by atoms with Crippen LogP contribution in [-0.4, -0.2) is 30.3 Å². The molecule has 2 nitrogen and oxygen atoms in total. The lowest BCUT2D eigenvalue weighted by atomic mass is 10.00. The fourth-order valence-electron chi connectivity index (χ4n) is 2.47. The van der Waals surface area contributed by atoms with Crippen LogP contribution in [0, 0.1) is 5.92 Å². The second-order valence-electron chi connectivity index (χ2n) is 5.09. The van der Waals surface area contributed by atoms with E-state index in [-0.39, 0.29) is 0 Å². The van der Waals surface area contributed by atoms with E-state index in [1.165, 1.54) is 30.8 Å². The molecule has 2 rings (SSSR count). The summed E-state index contributed by atoms with van der Waals surface area (Å²) >= 11 is 1.68. The quantitative estimate of drug-likeness (QED) is 0.802. The first-order valence-electron chi connectivity index (χ1n) is 6.50. The molecule has 2 heterocycles. The number of nitrogens with zero attached hydrogens (tertiary/aromatic N) is 1. The summed E-state index contributed by atoms with van der Waals surface area (Å²) in [5.41, 5.74) is 0. The molecule has 0 amide bonds. The van der Waals surface area contributed by atoms with E-state index in [1.54, 1.807) is 11.3 Å². The highest BCUT2D eigenvalue weighted by Crippen LogP contribution is 2.16. The smallest absolute Gasteiger partial charge is 0.139 e. The first kappa shape index (κ1) is 12.8. The summed E-state index contributed by atoms with van der Waals surface area (Å²) < 4.78 is 0. The molecule has 0 radical (unpaired) electrons. The summed E-state index contributed by atoms with van der Waals surface area (Å²) in [7, 11) is 0. The second kappa shape index (κ2) is 6.31. The monoisotopic (exact) mass is 251 g/mol. The van der Waals surface area contributed by atoms with Gasteiger partial charge in [-0.2, -0.15) is 0 Å². The summed E-state index contributed by atoms with van der Waals surface area (Å²) in [6.45, 7) is 5.61. The number of carbonyl (C=O) groups excluding carboxylic acids is 1. The molecule has 1 atom stereocenters. The molecule has 0 saturated carbocycles. The summed E-state index contributed by atoms with van der Waals surface area (Å²) in [6, 6.07) is 4.06. The molecule has 1 fully saturated rings. The Hall–Kier alpha value is -0.670. The van der Waals surface area contributed by atoms with Crippen molar-refractivity contribution in [3.63, 3.8) is 0 Å². The molecule has 0 bridgehead atoms. The Labute approximate surface area is 108 Å². The Balaban J connectivity index is 1.69. The average molecular weight is 251 g/mol. The molecule has 1 aliphatic heterocycles. The lowest BCUT2D eigenvalue weighted by molar-refractivity contribution is -0.118. The first-order chi connectivity index (χ1) is 8.24. The number of Topliss-reactive ketones (excluding diaryl/α,β-unsaturated/α-hetero) is 1.